The van der Waals surface area contributed by atoms with Gasteiger partial charge in [0.2, 0.25) is 0 Å². The predicted octanol–water partition coefficient (Wildman–Crippen LogP) is 4.40. The number of phenolic OH excluding ortho intramolecular Hbond substituents is 1. The van der Waals surface area contributed by atoms with Crippen LogP contribution in [0.2, 0.25) is 0 Å². The Hall–Kier alpha value is -3.27. The van der Waals surface area contributed by atoms with Gasteiger partial charge in [0.1, 0.15) is 11.8 Å². The van der Waals surface area contributed by atoms with Crippen LogP contribution in [0.15, 0.2) is 91.6 Å². The molecule has 1 aliphatic heterocycles. The lowest BCUT2D eigenvalue weighted by Gasteiger charge is -2.24. The number of phenols is 1. The molecule has 2 aromatic heterocycles. The molecule has 0 saturated carbocycles. The maximum absolute atomic E-state index is 13.6. The molecule has 170 valence electrons. The van der Waals surface area contributed by atoms with E-state index in [2.05, 4.69) is 26.2 Å². The van der Waals surface area contributed by atoms with Gasteiger partial charge in [0, 0.05) is 20.6 Å². The lowest BCUT2D eigenvalue weighted by Crippen LogP contribution is -2.40. The summed E-state index contributed by atoms with van der Waals surface area (Å²) in [6.45, 7) is 1.79. The SMILES string of the molecule is CC1=C(C(=O)Nc2ccccc2)[C@H](c2cccs2)n2c(s/c(=C\c3cc(Br)ccc3O)c2=O)=N1. The molecular weight excluding hydrogens is 534 g/mol. The van der Waals surface area contributed by atoms with Gasteiger partial charge in [0.05, 0.1) is 15.8 Å². The summed E-state index contributed by atoms with van der Waals surface area (Å²) in [5.41, 5.74) is 1.91. The van der Waals surface area contributed by atoms with Crippen LogP contribution in [0.3, 0.4) is 0 Å². The Bertz CT molecular complexity index is 1600. The third-order valence-electron chi connectivity index (χ3n) is 5.39. The van der Waals surface area contributed by atoms with E-state index in [0.29, 0.717) is 31.9 Å². The molecule has 0 bridgehead atoms. The molecule has 0 unspecified atom stereocenters. The van der Waals surface area contributed by atoms with Gasteiger partial charge in [-0.1, -0.05) is 51.5 Å². The molecule has 1 amide bonds. The first-order valence-electron chi connectivity index (χ1n) is 10.3. The van der Waals surface area contributed by atoms with Gasteiger partial charge in [-0.05, 0) is 54.8 Å². The Morgan fingerprint density at radius 1 is 1.18 bits per heavy atom. The number of halogens is 1. The molecule has 9 heteroatoms. The summed E-state index contributed by atoms with van der Waals surface area (Å²) in [4.78, 5) is 33.0. The summed E-state index contributed by atoms with van der Waals surface area (Å²) < 4.78 is 2.78. The van der Waals surface area contributed by atoms with Crippen molar-refractivity contribution in [3.8, 4) is 5.75 Å². The Morgan fingerprint density at radius 2 is 1.97 bits per heavy atom. The molecule has 0 spiro atoms. The van der Waals surface area contributed by atoms with Gasteiger partial charge < -0.3 is 10.4 Å². The molecule has 1 atom stereocenters. The number of carbonyl (C=O) groups excluding carboxylic acids is 1. The second-order valence-electron chi connectivity index (χ2n) is 7.62. The number of anilines is 1. The molecule has 3 heterocycles. The van der Waals surface area contributed by atoms with E-state index in [4.69, 9.17) is 0 Å². The summed E-state index contributed by atoms with van der Waals surface area (Å²) in [5, 5.41) is 15.1. The Balaban J connectivity index is 1.67. The van der Waals surface area contributed by atoms with Crippen molar-refractivity contribution in [2.45, 2.75) is 13.0 Å². The van der Waals surface area contributed by atoms with E-state index >= 15 is 0 Å². The van der Waals surface area contributed by atoms with Gasteiger partial charge in [-0.25, -0.2) is 4.99 Å². The number of rotatable bonds is 4. The maximum Gasteiger partial charge on any atom is 0.271 e. The monoisotopic (exact) mass is 551 g/mol. The van der Waals surface area contributed by atoms with Crippen LogP contribution < -0.4 is 20.2 Å². The van der Waals surface area contributed by atoms with Crippen molar-refractivity contribution in [3.05, 3.63) is 112 Å². The van der Waals surface area contributed by atoms with Crippen molar-refractivity contribution in [3.63, 3.8) is 0 Å². The zero-order chi connectivity index (χ0) is 23.8. The van der Waals surface area contributed by atoms with Crippen molar-refractivity contribution < 1.29 is 9.90 Å². The molecular formula is C25H18BrN3O3S2. The number of para-hydroxylation sites is 1. The first-order chi connectivity index (χ1) is 16.4. The number of aromatic hydroxyl groups is 1. The zero-order valence-corrected chi connectivity index (χ0v) is 21.1. The minimum absolute atomic E-state index is 0.0722. The largest absolute Gasteiger partial charge is 0.507 e. The number of aromatic nitrogens is 1. The Kier molecular flexibility index (Phi) is 6.07. The highest BCUT2D eigenvalue weighted by Crippen LogP contribution is 2.33. The number of thiophene rings is 1. The number of fused-ring (bicyclic) bond motifs is 1. The van der Waals surface area contributed by atoms with Crippen LogP contribution in [0.5, 0.6) is 5.75 Å². The average Bonchev–Trinajstić information content (AvgIpc) is 3.45. The van der Waals surface area contributed by atoms with Gasteiger partial charge in [0.25, 0.3) is 11.5 Å². The quantitative estimate of drug-likeness (QED) is 0.394. The Morgan fingerprint density at radius 3 is 2.71 bits per heavy atom. The summed E-state index contributed by atoms with van der Waals surface area (Å²) in [6.07, 6.45) is 1.65. The third-order valence-corrected chi connectivity index (χ3v) is 7.79. The first-order valence-corrected chi connectivity index (χ1v) is 12.8. The fourth-order valence-corrected chi connectivity index (χ4v) is 6.07. The van der Waals surface area contributed by atoms with Gasteiger partial charge in [-0.3, -0.25) is 14.2 Å². The predicted molar refractivity (Wildman–Crippen MR) is 139 cm³/mol. The van der Waals surface area contributed by atoms with Crippen molar-refractivity contribution in [2.24, 2.45) is 4.99 Å². The summed E-state index contributed by atoms with van der Waals surface area (Å²) in [7, 11) is 0. The maximum atomic E-state index is 13.6. The summed E-state index contributed by atoms with van der Waals surface area (Å²) in [6, 6.07) is 17.5. The number of hydrogen-bond donors (Lipinski definition) is 2. The first kappa shape index (κ1) is 22.5. The highest BCUT2D eigenvalue weighted by atomic mass is 79.9. The molecule has 2 aromatic carbocycles. The van der Waals surface area contributed by atoms with Gasteiger partial charge in [-0.15, -0.1) is 11.3 Å². The number of nitrogens with zero attached hydrogens (tertiary/aromatic N) is 2. The molecule has 2 N–H and O–H groups in total. The molecule has 4 aromatic rings. The molecule has 0 radical (unpaired) electrons. The number of benzene rings is 2. The van der Waals surface area contributed by atoms with Crippen LogP contribution in [0.25, 0.3) is 6.08 Å². The molecule has 0 aliphatic carbocycles. The molecule has 0 fully saturated rings. The van der Waals surface area contributed by atoms with E-state index in [0.717, 1.165) is 9.35 Å². The van der Waals surface area contributed by atoms with E-state index < -0.39 is 6.04 Å². The molecule has 5 rings (SSSR count). The second-order valence-corrected chi connectivity index (χ2v) is 10.5. The third kappa shape index (κ3) is 4.18. The summed E-state index contributed by atoms with van der Waals surface area (Å²) >= 11 is 6.12. The lowest BCUT2D eigenvalue weighted by molar-refractivity contribution is -0.113. The highest BCUT2D eigenvalue weighted by molar-refractivity contribution is 9.10. The molecule has 6 nitrogen and oxygen atoms in total. The van der Waals surface area contributed by atoms with Crippen LogP contribution in [-0.2, 0) is 4.79 Å². The van der Waals surface area contributed by atoms with Crippen LogP contribution >= 0.6 is 38.6 Å². The highest BCUT2D eigenvalue weighted by Gasteiger charge is 2.33. The van der Waals surface area contributed by atoms with E-state index in [1.807, 2.05) is 47.8 Å². The van der Waals surface area contributed by atoms with Crippen LogP contribution in [0.4, 0.5) is 5.69 Å². The Labute approximate surface area is 211 Å². The number of amides is 1. The van der Waals surface area contributed by atoms with Gasteiger partial charge in [-0.2, -0.15) is 0 Å². The van der Waals surface area contributed by atoms with Crippen molar-refractivity contribution in [2.75, 3.05) is 5.32 Å². The molecule has 34 heavy (non-hydrogen) atoms. The fourth-order valence-electron chi connectivity index (χ4n) is 3.83. The second kappa shape index (κ2) is 9.17. The topological polar surface area (TPSA) is 83.7 Å². The number of hydrogen-bond acceptors (Lipinski definition) is 6. The average molecular weight is 552 g/mol. The number of thiazole rings is 1. The van der Waals surface area contributed by atoms with Crippen LogP contribution in [0.1, 0.15) is 23.4 Å². The zero-order valence-electron chi connectivity index (χ0n) is 17.9. The van der Waals surface area contributed by atoms with E-state index in [9.17, 15) is 14.7 Å². The lowest BCUT2D eigenvalue weighted by atomic mass is 10.0. The van der Waals surface area contributed by atoms with E-state index in [1.165, 1.54) is 22.7 Å². The van der Waals surface area contributed by atoms with Crippen molar-refractivity contribution in [1.82, 2.24) is 4.57 Å². The number of nitrogens with one attached hydrogen (secondary N) is 1. The van der Waals surface area contributed by atoms with Gasteiger partial charge in [0.15, 0.2) is 4.80 Å². The minimum Gasteiger partial charge on any atom is -0.507 e. The van der Waals surface area contributed by atoms with Gasteiger partial charge >= 0.3 is 0 Å². The van der Waals surface area contributed by atoms with Crippen LogP contribution in [-0.4, -0.2) is 15.6 Å². The number of allylic oxidation sites excluding steroid dienone is 1. The van der Waals surface area contributed by atoms with E-state index in [1.54, 1.807) is 35.8 Å². The normalized spacial score (nSPS) is 15.7. The molecule has 0 saturated heterocycles. The molecule has 1 aliphatic rings. The van der Waals surface area contributed by atoms with Crippen molar-refractivity contribution in [1.29, 1.82) is 0 Å². The van der Waals surface area contributed by atoms with Crippen molar-refractivity contribution >= 4 is 56.3 Å². The summed E-state index contributed by atoms with van der Waals surface area (Å²) in [5.74, 6) is -0.229. The minimum atomic E-state index is -0.599. The standard InChI is InChI=1S/C25H18BrN3O3S2/c1-14-21(23(31)28-17-6-3-2-4-7-17)22(19-8-5-11-33-19)29-24(32)20(34-25(29)27-14)13-15-12-16(26)9-10-18(15)30/h2-13,22,30H,1H3,(H,28,31)/b20-13-/t22-/m0/s1. The smallest absolute Gasteiger partial charge is 0.271 e. The fraction of sp³-hybridized carbons (Fsp3) is 0.0800. The number of carbonyl (C=O) groups is 1. The van der Waals surface area contributed by atoms with E-state index in [-0.39, 0.29) is 17.2 Å². The van der Waals surface area contributed by atoms with Crippen LogP contribution in [0, 0.1) is 0 Å².